The molecule has 0 aliphatic carbocycles. The number of nitrogen functional groups attached to an aromatic ring is 1. The molecule has 0 bridgehead atoms. The van der Waals surface area contributed by atoms with E-state index < -0.39 is 0 Å². The Bertz CT molecular complexity index is 922. The number of hydrogen-bond donors (Lipinski definition) is 3. The molecule has 3 aromatic rings. The monoisotopic (exact) mass is 347 g/mol. The molecule has 2 aromatic carbocycles. The zero-order valence-electron chi connectivity index (χ0n) is 14.8. The van der Waals surface area contributed by atoms with Crippen molar-refractivity contribution in [3.8, 4) is 0 Å². The van der Waals surface area contributed by atoms with Crippen molar-refractivity contribution in [1.29, 1.82) is 0 Å². The van der Waals surface area contributed by atoms with E-state index in [2.05, 4.69) is 51.8 Å². The van der Waals surface area contributed by atoms with E-state index in [4.69, 9.17) is 5.73 Å². The van der Waals surface area contributed by atoms with Crippen LogP contribution in [0.5, 0.6) is 0 Å². The lowest BCUT2D eigenvalue weighted by atomic mass is 10.1. The first-order valence-corrected chi connectivity index (χ1v) is 8.31. The van der Waals surface area contributed by atoms with Crippen LogP contribution in [-0.2, 0) is 6.54 Å². The topological polar surface area (TPSA) is 92.9 Å². The smallest absolute Gasteiger partial charge is 0.159 e. The first kappa shape index (κ1) is 17.4. The quantitative estimate of drug-likeness (QED) is 0.585. The highest BCUT2D eigenvalue weighted by molar-refractivity contribution is 5.95. The van der Waals surface area contributed by atoms with E-state index in [9.17, 15) is 4.79 Å². The molecular formula is C20H21N5O. The van der Waals surface area contributed by atoms with Crippen LogP contribution in [0.4, 0.5) is 23.0 Å². The lowest BCUT2D eigenvalue weighted by molar-refractivity contribution is 0.101. The van der Waals surface area contributed by atoms with E-state index in [1.54, 1.807) is 12.1 Å². The molecule has 0 fully saturated rings. The van der Waals surface area contributed by atoms with Gasteiger partial charge in [-0.1, -0.05) is 42.0 Å². The first-order chi connectivity index (χ1) is 12.5. The van der Waals surface area contributed by atoms with Crippen molar-refractivity contribution in [1.82, 2.24) is 9.97 Å². The van der Waals surface area contributed by atoms with Crippen molar-refractivity contribution >= 4 is 28.8 Å². The molecule has 0 atom stereocenters. The average molecular weight is 347 g/mol. The minimum Gasteiger partial charge on any atom is -0.393 e. The van der Waals surface area contributed by atoms with Gasteiger partial charge < -0.3 is 16.4 Å². The highest BCUT2D eigenvalue weighted by atomic mass is 16.1. The Morgan fingerprint density at radius 1 is 1.08 bits per heavy atom. The number of aromatic nitrogens is 2. The van der Waals surface area contributed by atoms with Gasteiger partial charge in [-0.15, -0.1) is 0 Å². The summed E-state index contributed by atoms with van der Waals surface area (Å²) < 4.78 is 0. The van der Waals surface area contributed by atoms with E-state index in [1.807, 2.05) is 12.1 Å². The molecule has 4 N–H and O–H groups in total. The summed E-state index contributed by atoms with van der Waals surface area (Å²) in [6.07, 6.45) is 1.45. The number of ketones is 1. The summed E-state index contributed by atoms with van der Waals surface area (Å²) in [7, 11) is 0. The number of nitrogens with zero attached hydrogens (tertiary/aromatic N) is 2. The van der Waals surface area contributed by atoms with Gasteiger partial charge in [-0.05, 0) is 31.5 Å². The van der Waals surface area contributed by atoms with Crippen LogP contribution in [-0.4, -0.2) is 15.8 Å². The molecule has 0 saturated heterocycles. The number of benzene rings is 2. The standard InChI is InChI=1S/C20H21N5O/c1-13-6-8-15(9-7-13)11-22-19-18(21)20(24-12-23-19)25-17-5-3-4-16(10-17)14(2)26/h3-10,12H,11,21H2,1-2H3,(H2,22,23,24,25). The molecule has 0 saturated carbocycles. The molecule has 0 aliphatic rings. The number of nitrogens with one attached hydrogen (secondary N) is 2. The van der Waals surface area contributed by atoms with Gasteiger partial charge in [0.2, 0.25) is 0 Å². The van der Waals surface area contributed by atoms with Crippen molar-refractivity contribution in [2.75, 3.05) is 16.4 Å². The Labute approximate surface area is 152 Å². The van der Waals surface area contributed by atoms with Gasteiger partial charge in [0.15, 0.2) is 17.4 Å². The van der Waals surface area contributed by atoms with Crippen molar-refractivity contribution < 1.29 is 4.79 Å². The minimum atomic E-state index is 0.00441. The predicted octanol–water partition coefficient (Wildman–Crippen LogP) is 3.93. The van der Waals surface area contributed by atoms with Crippen molar-refractivity contribution in [2.45, 2.75) is 20.4 Å². The molecule has 132 valence electrons. The van der Waals surface area contributed by atoms with E-state index in [0.29, 0.717) is 29.4 Å². The van der Waals surface area contributed by atoms with Crippen molar-refractivity contribution in [3.63, 3.8) is 0 Å². The minimum absolute atomic E-state index is 0.00441. The molecule has 0 aliphatic heterocycles. The summed E-state index contributed by atoms with van der Waals surface area (Å²) in [4.78, 5) is 19.9. The number of anilines is 4. The average Bonchev–Trinajstić information content (AvgIpc) is 2.64. The number of hydrogen-bond acceptors (Lipinski definition) is 6. The Hall–Kier alpha value is -3.41. The Kier molecular flexibility index (Phi) is 5.12. The van der Waals surface area contributed by atoms with Gasteiger partial charge in [0.1, 0.15) is 12.0 Å². The molecule has 0 amide bonds. The van der Waals surface area contributed by atoms with Gasteiger partial charge in [0.05, 0.1) is 0 Å². The lowest BCUT2D eigenvalue weighted by Crippen LogP contribution is -2.08. The first-order valence-electron chi connectivity index (χ1n) is 8.31. The van der Waals surface area contributed by atoms with Crippen molar-refractivity contribution in [3.05, 3.63) is 71.5 Å². The number of nitrogens with two attached hydrogens (primary N) is 1. The van der Waals surface area contributed by atoms with Crippen LogP contribution < -0.4 is 16.4 Å². The lowest BCUT2D eigenvalue weighted by Gasteiger charge is -2.13. The third kappa shape index (κ3) is 4.16. The third-order valence-corrected chi connectivity index (χ3v) is 4.00. The Morgan fingerprint density at radius 2 is 1.81 bits per heavy atom. The van der Waals surface area contributed by atoms with E-state index in [-0.39, 0.29) is 5.78 Å². The Balaban J connectivity index is 1.75. The van der Waals surface area contributed by atoms with Gasteiger partial charge in [-0.25, -0.2) is 9.97 Å². The summed E-state index contributed by atoms with van der Waals surface area (Å²) in [5.41, 5.74) is 10.3. The zero-order chi connectivity index (χ0) is 18.5. The maximum absolute atomic E-state index is 11.5. The Morgan fingerprint density at radius 3 is 2.54 bits per heavy atom. The molecule has 0 radical (unpaired) electrons. The fourth-order valence-corrected chi connectivity index (χ4v) is 2.48. The van der Waals surface area contributed by atoms with Crippen LogP contribution in [0, 0.1) is 6.92 Å². The summed E-state index contributed by atoms with van der Waals surface area (Å²) in [5, 5.41) is 6.38. The fraction of sp³-hybridized carbons (Fsp3) is 0.150. The largest absolute Gasteiger partial charge is 0.393 e. The maximum atomic E-state index is 11.5. The summed E-state index contributed by atoms with van der Waals surface area (Å²) in [5.74, 6) is 1.06. The van der Waals surface area contributed by atoms with Gasteiger partial charge in [-0.2, -0.15) is 0 Å². The second-order valence-electron chi connectivity index (χ2n) is 6.09. The normalized spacial score (nSPS) is 10.4. The predicted molar refractivity (Wildman–Crippen MR) is 105 cm³/mol. The van der Waals surface area contributed by atoms with E-state index in [0.717, 1.165) is 11.3 Å². The number of rotatable bonds is 6. The fourth-order valence-electron chi connectivity index (χ4n) is 2.48. The van der Waals surface area contributed by atoms with Gasteiger partial charge in [0, 0.05) is 17.8 Å². The highest BCUT2D eigenvalue weighted by Crippen LogP contribution is 2.26. The molecule has 6 nitrogen and oxygen atoms in total. The van der Waals surface area contributed by atoms with Crippen LogP contribution in [0.25, 0.3) is 0 Å². The SMILES string of the molecule is CC(=O)c1cccc(Nc2ncnc(NCc3ccc(C)cc3)c2N)c1. The van der Waals surface area contributed by atoms with Crippen LogP contribution in [0.2, 0.25) is 0 Å². The summed E-state index contributed by atoms with van der Waals surface area (Å²) in [6, 6.07) is 15.5. The highest BCUT2D eigenvalue weighted by Gasteiger charge is 2.09. The summed E-state index contributed by atoms with van der Waals surface area (Å²) in [6.45, 7) is 4.20. The van der Waals surface area contributed by atoms with Crippen molar-refractivity contribution in [2.24, 2.45) is 0 Å². The van der Waals surface area contributed by atoms with Crippen LogP contribution in [0.1, 0.15) is 28.4 Å². The van der Waals surface area contributed by atoms with Crippen LogP contribution >= 0.6 is 0 Å². The second kappa shape index (κ2) is 7.65. The molecule has 3 rings (SSSR count). The number of carbonyl (C=O) groups is 1. The molecule has 0 spiro atoms. The number of Topliss-reactive ketones (excluding diaryl/α,β-unsaturated/α-hetero) is 1. The molecule has 1 aromatic heterocycles. The van der Waals surface area contributed by atoms with Crippen LogP contribution in [0.3, 0.4) is 0 Å². The molecule has 6 heteroatoms. The molecule has 1 heterocycles. The van der Waals surface area contributed by atoms with E-state index >= 15 is 0 Å². The van der Waals surface area contributed by atoms with E-state index in [1.165, 1.54) is 18.8 Å². The zero-order valence-corrected chi connectivity index (χ0v) is 14.8. The molecular weight excluding hydrogens is 326 g/mol. The number of carbonyl (C=O) groups excluding carboxylic acids is 1. The van der Waals surface area contributed by atoms with Gasteiger partial charge in [0.25, 0.3) is 0 Å². The van der Waals surface area contributed by atoms with Gasteiger partial charge in [-0.3, -0.25) is 4.79 Å². The maximum Gasteiger partial charge on any atom is 0.159 e. The number of aryl methyl sites for hydroxylation is 1. The molecule has 26 heavy (non-hydrogen) atoms. The third-order valence-electron chi connectivity index (χ3n) is 4.00. The second-order valence-corrected chi connectivity index (χ2v) is 6.09. The summed E-state index contributed by atoms with van der Waals surface area (Å²) >= 11 is 0. The van der Waals surface area contributed by atoms with Crippen LogP contribution in [0.15, 0.2) is 54.9 Å². The van der Waals surface area contributed by atoms with Gasteiger partial charge >= 0.3 is 0 Å². The molecule has 0 unspecified atom stereocenters.